The minimum Gasteiger partial charge on any atom is -0.345 e. The van der Waals surface area contributed by atoms with E-state index in [4.69, 9.17) is 11.6 Å². The average Bonchev–Trinajstić information content (AvgIpc) is 2.53. The first-order valence-corrected chi connectivity index (χ1v) is 7.87. The lowest BCUT2D eigenvalue weighted by atomic mass is 10.1. The van der Waals surface area contributed by atoms with E-state index in [1.807, 2.05) is 66.8 Å². The highest BCUT2D eigenvalue weighted by Crippen LogP contribution is 2.14. The van der Waals surface area contributed by atoms with Crippen LogP contribution in [0.2, 0.25) is 5.02 Å². The number of nitrogens with two attached hydrogens (primary N) is 1. The topological polar surface area (TPSA) is 45.7 Å². The summed E-state index contributed by atoms with van der Waals surface area (Å²) in [5, 5.41) is 5.75. The largest absolute Gasteiger partial charge is 0.345 e. The Labute approximate surface area is 136 Å². The number of amides is 1. The standard InChI is InChI=1S/C18H21ClN2O/c1-13(16-9-6-10-17(19)11-16)20-12-18(22)21-14(2)15-7-4-3-5-8-15/h3-11,13-14,20H,12H2,1-2H3,(H,21,22)/p+1/t13-,14+/m1/s1. The molecule has 1 amide bonds. The van der Waals surface area contributed by atoms with Crippen LogP contribution >= 0.6 is 11.6 Å². The number of nitrogens with one attached hydrogen (secondary N) is 1. The van der Waals surface area contributed by atoms with E-state index in [1.165, 1.54) is 0 Å². The molecule has 0 saturated heterocycles. The molecule has 4 heteroatoms. The molecule has 0 aliphatic heterocycles. The van der Waals surface area contributed by atoms with E-state index in [1.54, 1.807) is 0 Å². The molecule has 0 unspecified atom stereocenters. The minimum absolute atomic E-state index is 0.0172. The molecular weight excluding hydrogens is 296 g/mol. The van der Waals surface area contributed by atoms with Gasteiger partial charge in [-0.1, -0.05) is 54.1 Å². The van der Waals surface area contributed by atoms with Crippen LogP contribution in [0.5, 0.6) is 0 Å². The fourth-order valence-electron chi connectivity index (χ4n) is 2.34. The van der Waals surface area contributed by atoms with E-state index >= 15 is 0 Å². The third kappa shape index (κ3) is 4.86. The molecule has 116 valence electrons. The zero-order chi connectivity index (χ0) is 15.9. The molecule has 0 spiro atoms. The van der Waals surface area contributed by atoms with Crippen LogP contribution in [0.3, 0.4) is 0 Å². The summed E-state index contributed by atoms with van der Waals surface area (Å²) in [5.74, 6) is 0.0326. The van der Waals surface area contributed by atoms with Gasteiger partial charge in [0.1, 0.15) is 6.04 Å². The Balaban J connectivity index is 1.82. The quantitative estimate of drug-likeness (QED) is 0.845. The molecule has 3 nitrogen and oxygen atoms in total. The summed E-state index contributed by atoms with van der Waals surface area (Å²) in [7, 11) is 0. The van der Waals surface area contributed by atoms with E-state index in [2.05, 4.69) is 12.2 Å². The summed E-state index contributed by atoms with van der Waals surface area (Å²) in [4.78, 5) is 12.1. The lowest BCUT2D eigenvalue weighted by molar-refractivity contribution is -0.682. The summed E-state index contributed by atoms with van der Waals surface area (Å²) in [6.45, 7) is 4.46. The van der Waals surface area contributed by atoms with Crippen LogP contribution < -0.4 is 10.6 Å². The first-order valence-electron chi connectivity index (χ1n) is 7.49. The van der Waals surface area contributed by atoms with Crippen molar-refractivity contribution in [1.29, 1.82) is 0 Å². The number of halogens is 1. The van der Waals surface area contributed by atoms with Crippen molar-refractivity contribution in [3.8, 4) is 0 Å². The second-order valence-corrected chi connectivity index (χ2v) is 5.92. The average molecular weight is 318 g/mol. The second-order valence-electron chi connectivity index (χ2n) is 5.48. The molecule has 0 aliphatic carbocycles. The van der Waals surface area contributed by atoms with Crippen LogP contribution in [0.25, 0.3) is 0 Å². The predicted molar refractivity (Wildman–Crippen MR) is 89.7 cm³/mol. The molecule has 2 rings (SSSR count). The third-order valence-corrected chi connectivity index (χ3v) is 3.94. The molecule has 2 aromatic carbocycles. The van der Waals surface area contributed by atoms with E-state index in [-0.39, 0.29) is 18.0 Å². The van der Waals surface area contributed by atoms with Crippen molar-refractivity contribution >= 4 is 17.5 Å². The molecule has 2 atom stereocenters. The number of quaternary nitrogens is 1. The van der Waals surface area contributed by atoms with Crippen LogP contribution in [-0.2, 0) is 4.79 Å². The molecule has 0 bridgehead atoms. The lowest BCUT2D eigenvalue weighted by Crippen LogP contribution is -2.87. The monoisotopic (exact) mass is 317 g/mol. The molecule has 3 N–H and O–H groups in total. The number of hydrogen-bond acceptors (Lipinski definition) is 1. The van der Waals surface area contributed by atoms with Crippen molar-refractivity contribution in [1.82, 2.24) is 5.32 Å². The van der Waals surface area contributed by atoms with Crippen molar-refractivity contribution in [2.75, 3.05) is 6.54 Å². The molecule has 0 radical (unpaired) electrons. The highest BCUT2D eigenvalue weighted by Gasteiger charge is 2.14. The Kier molecular flexibility index (Phi) is 5.99. The van der Waals surface area contributed by atoms with Crippen molar-refractivity contribution < 1.29 is 10.1 Å². The van der Waals surface area contributed by atoms with Gasteiger partial charge in [0.2, 0.25) is 0 Å². The lowest BCUT2D eigenvalue weighted by Gasteiger charge is -2.15. The second kappa shape index (κ2) is 7.97. The van der Waals surface area contributed by atoms with E-state index in [9.17, 15) is 4.79 Å². The summed E-state index contributed by atoms with van der Waals surface area (Å²) in [6.07, 6.45) is 0. The van der Waals surface area contributed by atoms with E-state index < -0.39 is 0 Å². The number of hydrogen-bond donors (Lipinski definition) is 2. The van der Waals surface area contributed by atoms with Crippen LogP contribution in [0.4, 0.5) is 0 Å². The molecule has 22 heavy (non-hydrogen) atoms. The SMILES string of the molecule is C[C@H](NC(=O)C[NH2+][C@H](C)c1cccc(Cl)c1)c1ccccc1. The normalized spacial score (nSPS) is 13.4. The van der Waals surface area contributed by atoms with Crippen molar-refractivity contribution in [2.45, 2.75) is 25.9 Å². The summed E-state index contributed by atoms with van der Waals surface area (Å²) in [6, 6.07) is 17.9. The molecule has 0 heterocycles. The van der Waals surface area contributed by atoms with Crippen LogP contribution in [-0.4, -0.2) is 12.5 Å². The van der Waals surface area contributed by atoms with Gasteiger partial charge in [-0.3, -0.25) is 4.79 Å². The van der Waals surface area contributed by atoms with E-state index in [0.717, 1.165) is 16.1 Å². The smallest absolute Gasteiger partial charge is 0.275 e. The van der Waals surface area contributed by atoms with Gasteiger partial charge in [-0.05, 0) is 31.5 Å². The van der Waals surface area contributed by atoms with Gasteiger partial charge < -0.3 is 10.6 Å². The van der Waals surface area contributed by atoms with Gasteiger partial charge in [0.05, 0.1) is 6.04 Å². The van der Waals surface area contributed by atoms with Crippen LogP contribution in [0, 0.1) is 0 Å². The van der Waals surface area contributed by atoms with Gasteiger partial charge >= 0.3 is 0 Å². The Morgan fingerprint density at radius 3 is 2.45 bits per heavy atom. The van der Waals surface area contributed by atoms with Crippen LogP contribution in [0.1, 0.15) is 37.1 Å². The van der Waals surface area contributed by atoms with Crippen molar-refractivity contribution in [3.63, 3.8) is 0 Å². The highest BCUT2D eigenvalue weighted by atomic mass is 35.5. The van der Waals surface area contributed by atoms with Gasteiger partial charge in [-0.15, -0.1) is 0 Å². The van der Waals surface area contributed by atoms with Gasteiger partial charge in [0, 0.05) is 10.6 Å². The molecular formula is C18H22ClN2O+. The maximum atomic E-state index is 12.1. The molecule has 0 aromatic heterocycles. The molecule has 0 aliphatic rings. The molecule has 0 fully saturated rings. The third-order valence-electron chi connectivity index (χ3n) is 3.71. The number of carbonyl (C=O) groups excluding carboxylic acids is 1. The number of carbonyl (C=O) groups is 1. The predicted octanol–water partition coefficient (Wildman–Crippen LogP) is 2.84. The van der Waals surface area contributed by atoms with Gasteiger partial charge in [-0.25, -0.2) is 0 Å². The fraction of sp³-hybridized carbons (Fsp3) is 0.278. The van der Waals surface area contributed by atoms with Gasteiger partial charge in [0.25, 0.3) is 5.91 Å². The van der Waals surface area contributed by atoms with Crippen LogP contribution in [0.15, 0.2) is 54.6 Å². The Bertz CT molecular complexity index is 615. The molecule has 0 saturated carbocycles. The first kappa shape index (κ1) is 16.5. The number of benzene rings is 2. The zero-order valence-electron chi connectivity index (χ0n) is 12.9. The Morgan fingerprint density at radius 1 is 1.09 bits per heavy atom. The highest BCUT2D eigenvalue weighted by molar-refractivity contribution is 6.30. The summed E-state index contributed by atoms with van der Waals surface area (Å²) >= 11 is 6.00. The Hall–Kier alpha value is -1.84. The Morgan fingerprint density at radius 2 is 1.77 bits per heavy atom. The van der Waals surface area contributed by atoms with E-state index in [0.29, 0.717) is 6.54 Å². The zero-order valence-corrected chi connectivity index (χ0v) is 13.7. The first-order chi connectivity index (χ1) is 10.6. The van der Waals surface area contributed by atoms with Crippen molar-refractivity contribution in [2.24, 2.45) is 0 Å². The maximum absolute atomic E-state index is 12.1. The van der Waals surface area contributed by atoms with Gasteiger partial charge in [0.15, 0.2) is 6.54 Å². The van der Waals surface area contributed by atoms with Gasteiger partial charge in [-0.2, -0.15) is 0 Å². The summed E-state index contributed by atoms with van der Waals surface area (Å²) in [5.41, 5.74) is 2.23. The minimum atomic E-state index is 0.0172. The summed E-state index contributed by atoms with van der Waals surface area (Å²) < 4.78 is 0. The van der Waals surface area contributed by atoms with Crippen molar-refractivity contribution in [3.05, 3.63) is 70.7 Å². The fourth-order valence-corrected chi connectivity index (χ4v) is 2.53. The number of rotatable bonds is 6. The maximum Gasteiger partial charge on any atom is 0.275 e. The molecule has 2 aromatic rings.